The lowest BCUT2D eigenvalue weighted by Crippen LogP contribution is -2.48. The van der Waals surface area contributed by atoms with Crippen LogP contribution in [0, 0.1) is 17.0 Å². The van der Waals surface area contributed by atoms with Gasteiger partial charge in [0.2, 0.25) is 0 Å². The molecule has 2 heterocycles. The van der Waals surface area contributed by atoms with E-state index in [2.05, 4.69) is 17.0 Å². The van der Waals surface area contributed by atoms with Crippen LogP contribution in [-0.4, -0.2) is 105 Å². The highest BCUT2D eigenvalue weighted by molar-refractivity contribution is 5.88. The second kappa shape index (κ2) is 13.9. The second-order valence-electron chi connectivity index (χ2n) is 10.3. The summed E-state index contributed by atoms with van der Waals surface area (Å²) in [5.74, 6) is -2.03. The van der Waals surface area contributed by atoms with E-state index in [-0.39, 0.29) is 30.7 Å². The number of aliphatic imine (C=N–C) groups is 1. The van der Waals surface area contributed by atoms with Crippen LogP contribution in [0.15, 0.2) is 35.3 Å². The molecule has 4 rings (SSSR count). The van der Waals surface area contributed by atoms with Gasteiger partial charge in [0.1, 0.15) is 11.6 Å². The number of ether oxygens (including phenoxy) is 1. The zero-order valence-electron chi connectivity index (χ0n) is 22.9. The van der Waals surface area contributed by atoms with E-state index in [1.54, 1.807) is 12.1 Å². The molecule has 0 aliphatic carbocycles. The van der Waals surface area contributed by atoms with E-state index in [9.17, 15) is 4.79 Å². The molecule has 2 aliphatic heterocycles. The van der Waals surface area contributed by atoms with Gasteiger partial charge in [-0.25, -0.2) is 8.78 Å². The van der Waals surface area contributed by atoms with Gasteiger partial charge in [0.15, 0.2) is 0 Å². The number of hydrogen-bond donors (Lipinski definition) is 3. The number of morpholine rings is 1. The van der Waals surface area contributed by atoms with Crippen molar-refractivity contribution < 1.29 is 23.4 Å². The Balaban J connectivity index is 1.48. The Hall–Kier alpha value is -3.25. The third-order valence-electron chi connectivity index (χ3n) is 7.74. The van der Waals surface area contributed by atoms with Crippen molar-refractivity contribution in [1.29, 1.82) is 5.41 Å². The Labute approximate surface area is 233 Å². The lowest BCUT2D eigenvalue weighted by Gasteiger charge is -2.34. The molecule has 2 saturated heterocycles. The van der Waals surface area contributed by atoms with Crippen LogP contribution in [0.4, 0.5) is 20.2 Å². The molecule has 0 amide bonds. The first kappa shape index (κ1) is 29.7. The molecule has 1 unspecified atom stereocenters. The Morgan fingerprint density at radius 1 is 1.23 bits per heavy atom. The third kappa shape index (κ3) is 7.28. The first-order valence-corrected chi connectivity index (χ1v) is 13.6. The predicted octanol–water partition coefficient (Wildman–Crippen LogP) is 3.39. The van der Waals surface area contributed by atoms with Crippen LogP contribution in [0.25, 0.3) is 11.1 Å². The first-order valence-electron chi connectivity index (χ1n) is 13.6. The number of halogens is 2. The summed E-state index contributed by atoms with van der Waals surface area (Å²) in [6, 6.07) is 8.04. The number of rotatable bonds is 12. The molecule has 2 fully saturated rings. The fourth-order valence-electron chi connectivity index (χ4n) is 5.37. The van der Waals surface area contributed by atoms with E-state index in [1.165, 1.54) is 18.3 Å². The lowest BCUT2D eigenvalue weighted by atomic mass is 9.99. The highest BCUT2D eigenvalue weighted by Gasteiger charge is 2.24. The van der Waals surface area contributed by atoms with Crippen LogP contribution in [-0.2, 0) is 16.1 Å². The number of nitrogens with zero attached hydrogens (tertiary/aromatic N) is 4. The van der Waals surface area contributed by atoms with Crippen LogP contribution < -0.4 is 10.2 Å². The molecule has 0 aromatic heterocycles. The number of likely N-dealkylation sites (N-methyl/N-ethyl adjacent to an activating group) is 1. The molecule has 2 aliphatic rings. The molecule has 0 saturated carbocycles. The summed E-state index contributed by atoms with van der Waals surface area (Å²) in [6.07, 6.45) is 3.01. The Morgan fingerprint density at radius 2 is 1.90 bits per heavy atom. The van der Waals surface area contributed by atoms with Crippen molar-refractivity contribution >= 4 is 30.3 Å². The average Bonchev–Trinajstić information content (AvgIpc) is 2.95. The van der Waals surface area contributed by atoms with Crippen LogP contribution in [0.3, 0.4) is 0 Å². The van der Waals surface area contributed by atoms with Crippen molar-refractivity contribution in [3.63, 3.8) is 0 Å². The number of hydrogen-bond acceptors (Lipinski definition) is 8. The summed E-state index contributed by atoms with van der Waals surface area (Å²) < 4.78 is 35.7. The third-order valence-corrected chi connectivity index (χ3v) is 7.74. The molecule has 1 atom stereocenters. The number of carboxylic acids is 1. The number of para-hydroxylation sites is 1. The van der Waals surface area contributed by atoms with Gasteiger partial charge in [0.05, 0.1) is 37.2 Å². The summed E-state index contributed by atoms with van der Waals surface area (Å²) >= 11 is 0. The number of benzene rings is 2. The predicted molar refractivity (Wildman–Crippen MR) is 153 cm³/mol. The van der Waals surface area contributed by atoms with Gasteiger partial charge in [-0.15, -0.1) is 0 Å². The number of piperidine rings is 1. The maximum Gasteiger partial charge on any atom is 0.317 e. The van der Waals surface area contributed by atoms with Gasteiger partial charge in [0, 0.05) is 69.7 Å². The summed E-state index contributed by atoms with van der Waals surface area (Å²) in [5, 5.41) is 20.6. The minimum atomic E-state index is -0.819. The summed E-state index contributed by atoms with van der Waals surface area (Å²) in [4.78, 5) is 21.0. The van der Waals surface area contributed by atoms with Crippen LogP contribution in [0.1, 0.15) is 18.4 Å². The molecule has 0 spiro atoms. The molecule has 40 heavy (non-hydrogen) atoms. The molecule has 0 radical (unpaired) electrons. The van der Waals surface area contributed by atoms with Gasteiger partial charge in [-0.3, -0.25) is 19.6 Å². The van der Waals surface area contributed by atoms with E-state index in [0.29, 0.717) is 68.4 Å². The zero-order chi connectivity index (χ0) is 28.6. The van der Waals surface area contributed by atoms with Crippen LogP contribution >= 0.6 is 0 Å². The quantitative estimate of drug-likeness (QED) is 0.344. The van der Waals surface area contributed by atoms with Crippen LogP contribution in [0.5, 0.6) is 0 Å². The van der Waals surface area contributed by atoms with Gasteiger partial charge in [-0.1, -0.05) is 12.1 Å². The van der Waals surface area contributed by atoms with Crippen molar-refractivity contribution in [2.75, 3.05) is 64.4 Å². The number of carboxylic acid groups (broad SMARTS) is 1. The summed E-state index contributed by atoms with van der Waals surface area (Å²) in [5.41, 5.74) is 2.14. The monoisotopic (exact) mass is 556 g/mol. The normalized spacial score (nSPS) is 17.9. The van der Waals surface area contributed by atoms with Gasteiger partial charge in [0.25, 0.3) is 0 Å². The standard InChI is InChI=1S/C29H38F2N6O3/c1-33-29-23(20-14-25(30)24(26(31)15-20)18-37-10-12-40-13-11-37)4-3-5-27(29)35(2)22(16-32)17-34-21-6-8-36(9-7-21)19-28(38)39/h3-5,14-16,21-22,32,34H,1,6-13,17-19H2,2H3,(H,38,39). The highest BCUT2D eigenvalue weighted by Crippen LogP contribution is 2.39. The number of nitrogens with one attached hydrogen (secondary N) is 2. The smallest absolute Gasteiger partial charge is 0.317 e. The maximum atomic E-state index is 15.2. The SMILES string of the molecule is C=Nc1c(-c2cc(F)c(CN3CCOCC3)c(F)c2)cccc1N(C)C(C=N)CNC1CCN(CC(=O)O)CC1. The average molecular weight is 557 g/mol. The molecule has 11 heteroatoms. The molecular weight excluding hydrogens is 518 g/mol. The summed E-state index contributed by atoms with van der Waals surface area (Å²) in [7, 11) is 1.85. The highest BCUT2D eigenvalue weighted by atomic mass is 19.1. The van der Waals surface area contributed by atoms with Crippen molar-refractivity contribution in [2.24, 2.45) is 4.99 Å². The van der Waals surface area contributed by atoms with Gasteiger partial charge >= 0.3 is 5.97 Å². The van der Waals surface area contributed by atoms with Crippen molar-refractivity contribution in [3.8, 4) is 11.1 Å². The Kier molecular flexibility index (Phi) is 10.3. The fourth-order valence-corrected chi connectivity index (χ4v) is 5.37. The molecular formula is C29H38F2N6O3. The summed E-state index contributed by atoms with van der Waals surface area (Å²) in [6.45, 7) is 8.25. The van der Waals surface area contributed by atoms with Gasteiger partial charge < -0.3 is 25.5 Å². The van der Waals surface area contributed by atoms with Crippen molar-refractivity contribution in [3.05, 3.63) is 47.5 Å². The number of aliphatic carboxylic acids is 1. The Bertz CT molecular complexity index is 1180. The first-order chi connectivity index (χ1) is 19.3. The van der Waals surface area contributed by atoms with E-state index in [0.717, 1.165) is 12.8 Å². The molecule has 0 bridgehead atoms. The van der Waals surface area contributed by atoms with Crippen molar-refractivity contribution in [2.45, 2.75) is 31.5 Å². The minimum Gasteiger partial charge on any atom is -0.480 e. The topological polar surface area (TPSA) is 104 Å². The fraction of sp³-hybridized carbons (Fsp3) is 0.483. The molecule has 2 aromatic carbocycles. The van der Waals surface area contributed by atoms with Gasteiger partial charge in [-0.2, -0.15) is 0 Å². The maximum absolute atomic E-state index is 15.2. The van der Waals surface area contributed by atoms with E-state index in [1.807, 2.05) is 27.8 Å². The Morgan fingerprint density at radius 3 is 2.50 bits per heavy atom. The lowest BCUT2D eigenvalue weighted by molar-refractivity contribution is -0.138. The zero-order valence-corrected chi connectivity index (χ0v) is 22.9. The molecule has 9 nitrogen and oxygen atoms in total. The number of carbonyl (C=O) groups is 1. The number of anilines is 1. The molecule has 3 N–H and O–H groups in total. The largest absolute Gasteiger partial charge is 0.480 e. The van der Waals surface area contributed by atoms with Gasteiger partial charge in [-0.05, 0) is 43.3 Å². The van der Waals surface area contributed by atoms with Crippen molar-refractivity contribution in [1.82, 2.24) is 15.1 Å². The minimum absolute atomic E-state index is 0.0378. The van der Waals surface area contributed by atoms with Crippen LogP contribution in [0.2, 0.25) is 0 Å². The second-order valence-corrected chi connectivity index (χ2v) is 10.3. The van der Waals surface area contributed by atoms with E-state index in [4.69, 9.17) is 15.3 Å². The molecule has 2 aromatic rings. The van der Waals surface area contributed by atoms with E-state index >= 15 is 8.78 Å². The molecule has 216 valence electrons. The van der Waals surface area contributed by atoms with E-state index < -0.39 is 17.6 Å². The number of likely N-dealkylation sites (tertiary alicyclic amines) is 1.